The molecule has 1 aliphatic rings. The van der Waals surface area contributed by atoms with E-state index in [0.717, 1.165) is 67.1 Å². The first-order valence-corrected chi connectivity index (χ1v) is 37.1. The summed E-state index contributed by atoms with van der Waals surface area (Å²) in [5.74, 6) is -4.55. The third-order valence-electron chi connectivity index (χ3n) is 14.1. The number of aromatic carboxylic acids is 1. The number of hydrogen-bond acceptors (Lipinski definition) is 11. The number of rotatable bonds is 14. The van der Waals surface area contributed by atoms with Gasteiger partial charge in [0.15, 0.2) is 17.7 Å². The summed E-state index contributed by atoms with van der Waals surface area (Å²) in [7, 11) is -2.58. The van der Waals surface area contributed by atoms with Crippen molar-refractivity contribution in [2.75, 3.05) is 21.8 Å². The fraction of sp³-hybridized carbons (Fsp3) is 0.192. The number of aldehydes is 1. The molecule has 11 rings (SSSR count). The zero-order valence-electron chi connectivity index (χ0n) is 55.5. The van der Waals surface area contributed by atoms with E-state index in [1.807, 2.05) is 12.1 Å². The van der Waals surface area contributed by atoms with Crippen LogP contribution in [0.25, 0.3) is 16.2 Å². The number of halogens is 7. The van der Waals surface area contributed by atoms with Crippen LogP contribution in [0.1, 0.15) is 95.6 Å². The third-order valence-corrected chi connectivity index (χ3v) is 21.4. The number of nitrogen functional groups attached to an aromatic ring is 1. The van der Waals surface area contributed by atoms with Crippen molar-refractivity contribution < 1.29 is 73.0 Å². The van der Waals surface area contributed by atoms with Crippen LogP contribution in [0.5, 0.6) is 0 Å². The van der Waals surface area contributed by atoms with Crippen molar-refractivity contribution >= 4 is 80.4 Å². The summed E-state index contributed by atoms with van der Waals surface area (Å²) in [6.45, 7) is 26.1. The van der Waals surface area contributed by atoms with E-state index < -0.39 is 75.5 Å². The minimum Gasteiger partial charge on any atom is -1.00 e. The second kappa shape index (κ2) is 38.0. The predicted octanol–water partition coefficient (Wildman–Crippen LogP) is 12.4. The molecule has 2 heterocycles. The Labute approximate surface area is 600 Å². The van der Waals surface area contributed by atoms with Crippen LogP contribution >= 0.6 is 0 Å². The average Bonchev–Trinajstić information content (AvgIpc) is 1.51. The zero-order chi connectivity index (χ0) is 71.3. The van der Waals surface area contributed by atoms with Gasteiger partial charge in [-0.1, -0.05) is 87.4 Å². The van der Waals surface area contributed by atoms with Crippen molar-refractivity contribution in [3.63, 3.8) is 0 Å². The molecule has 16 nitrogen and oxygen atoms in total. The molecule has 1 aliphatic carbocycles. The largest absolute Gasteiger partial charge is 2.00 e. The molecule has 2 aromatic heterocycles. The van der Waals surface area contributed by atoms with Crippen LogP contribution in [-0.4, -0.2) is 99.1 Å². The fourth-order valence-electron chi connectivity index (χ4n) is 9.89. The molecule has 0 saturated heterocycles. The van der Waals surface area contributed by atoms with E-state index in [4.69, 9.17) is 28.4 Å². The molecule has 1 fully saturated rings. The van der Waals surface area contributed by atoms with Crippen LogP contribution in [0.4, 0.5) is 49.1 Å². The van der Waals surface area contributed by atoms with Crippen LogP contribution in [0.2, 0.25) is 39.3 Å². The predicted molar refractivity (Wildman–Crippen MR) is 374 cm³/mol. The molecule has 0 aliphatic heterocycles. The number of aryl methyl sites for hydroxylation is 2. The summed E-state index contributed by atoms with van der Waals surface area (Å²) in [6.07, 6.45) is 0.404. The number of amides is 1. The molecule has 2 unspecified atom stereocenters. The van der Waals surface area contributed by atoms with Crippen molar-refractivity contribution in [1.82, 2.24) is 19.6 Å². The number of benzene rings is 8. The average molecular weight is 1460 g/mol. The van der Waals surface area contributed by atoms with Gasteiger partial charge >= 0.3 is 29.0 Å². The Morgan fingerprint density at radius 3 is 1.68 bits per heavy atom. The number of nitrogens with two attached hydrogens (primary N) is 2. The summed E-state index contributed by atoms with van der Waals surface area (Å²) in [5, 5.41) is 49.6. The standard InChI is InChI=1S/C25H18F2N4O2.C13H11F2NO.C12H9N3O2.C12H22NSi2.C7H4F2O.C4H9N.BrH.Mg/c1-15-11-23(31(30-15)20-8-4-6-18(14-20)28-2)25(33)29-19-7-3-5-16(12-19)24(32)21-13-17(26)9-10-22(21)27;14-9-4-5-12(15)11(7-9)13(17)8-2-1-3-10(16)6-8;1-8-5-11(12(16)17)15(14-8)10-4-2-3-9(6-10)7-13;1-14(2,3)13(15(4,5)6)12-10-8-7-9-11-12;8-6-1-2-7(9)5(3-6)4-10;5-3-4-1-2-4;;/h3-14,24,32H,1H3,(H,29,33);1-7,13,17H,16H2;2-6H,1H3,(H,16,17);7-8,10-11H,1-6H3;1-4H;4H,1-3,5H2;1H;/q;;;-1;;;;+2/p-1. The fourth-order valence-corrected chi connectivity index (χ4v) is 19.8. The van der Waals surface area contributed by atoms with Crippen molar-refractivity contribution in [3.8, 4) is 17.4 Å². The van der Waals surface area contributed by atoms with Gasteiger partial charge in [0.05, 0.1) is 46.5 Å². The van der Waals surface area contributed by atoms with Gasteiger partial charge in [-0.25, -0.2) is 45.3 Å². The maximum Gasteiger partial charge on any atom is 2.00 e. The van der Waals surface area contributed by atoms with Gasteiger partial charge in [0, 0.05) is 22.5 Å². The first kappa shape index (κ1) is 81.9. The van der Waals surface area contributed by atoms with Gasteiger partial charge in [0.25, 0.3) is 5.91 Å². The van der Waals surface area contributed by atoms with Crippen molar-refractivity contribution in [2.45, 2.75) is 78.2 Å². The van der Waals surface area contributed by atoms with Gasteiger partial charge in [0.2, 0.25) is 0 Å². The van der Waals surface area contributed by atoms with Crippen LogP contribution in [0, 0.1) is 78.6 Å². The van der Waals surface area contributed by atoms with E-state index in [2.05, 4.69) is 88.1 Å². The Hall–Kier alpha value is -9.49. The second-order valence-electron chi connectivity index (χ2n) is 24.1. The maximum absolute atomic E-state index is 14.1. The normalized spacial score (nSPS) is 11.7. The molecule has 10 aromatic rings. The summed E-state index contributed by atoms with van der Waals surface area (Å²) in [6, 6.07) is 51.3. The third kappa shape index (κ3) is 24.5. The van der Waals surface area contributed by atoms with Gasteiger partial charge in [0.1, 0.15) is 69.3 Å². The minimum atomic E-state index is -1.42. The van der Waals surface area contributed by atoms with E-state index in [0.29, 0.717) is 51.0 Å². The monoisotopic (exact) mass is 1460 g/mol. The van der Waals surface area contributed by atoms with Crippen LogP contribution in [0.15, 0.2) is 188 Å². The minimum absolute atomic E-state index is 0. The number of nitrogens with zero attached hydrogens (tertiary/aromatic N) is 7. The van der Waals surface area contributed by atoms with E-state index in [1.165, 1.54) is 46.1 Å². The summed E-state index contributed by atoms with van der Waals surface area (Å²) in [4.78, 5) is 37.4. The number of carboxylic acid groups (broad SMARTS) is 1. The smallest absolute Gasteiger partial charge is 1.00 e. The quantitative estimate of drug-likeness (QED) is 0.0196. The Morgan fingerprint density at radius 2 is 1.20 bits per heavy atom. The molecule has 1 saturated carbocycles. The van der Waals surface area contributed by atoms with Gasteiger partial charge in [-0.3, -0.25) is 9.59 Å². The summed E-state index contributed by atoms with van der Waals surface area (Å²) >= 11 is 0. The van der Waals surface area contributed by atoms with Gasteiger partial charge in [-0.05, 0) is 172 Å². The van der Waals surface area contributed by atoms with Gasteiger partial charge in [-0.15, -0.1) is 0 Å². The van der Waals surface area contributed by atoms with Crippen molar-refractivity contribution in [1.29, 1.82) is 5.26 Å². The summed E-state index contributed by atoms with van der Waals surface area (Å²) < 4.78 is 84.1. The van der Waals surface area contributed by atoms with Gasteiger partial charge < -0.3 is 53.3 Å². The van der Waals surface area contributed by atoms with Gasteiger partial charge in [-0.2, -0.15) is 45.8 Å². The zero-order valence-corrected chi connectivity index (χ0v) is 60.5. The SMILES string of the molecule is C[Si](C)(C)N(c1c[c-]ccc1)[Si](C)(C)C.Cc1cc(C(=O)O)n(-c2cccc(C#N)c2)n1.NCC1CC1.Nc1cccc(C(O)c2cc(F)ccc2F)c1.O=Cc1cc(F)ccc1F.[Br-].[C-]#[N+]c1cccc(-n2nc(C)cc2C(=O)Nc2cccc(C(O)c3cc(F)ccc3F)c2)c1.[Mg+2]. The number of carboxylic acids is 1. The molecule has 0 bridgehead atoms. The number of anilines is 3. The van der Waals surface area contributed by atoms with Crippen molar-refractivity contribution in [3.05, 3.63) is 297 Å². The molecule has 2 atom stereocenters. The Kier molecular flexibility index (Phi) is 31.5. The van der Waals surface area contributed by atoms with E-state index in [1.54, 1.807) is 105 Å². The second-order valence-corrected chi connectivity index (χ2v) is 34.1. The first-order chi connectivity index (χ1) is 45.9. The number of hydrogen-bond donors (Lipinski definition) is 6. The first-order valence-electron chi connectivity index (χ1n) is 30.2. The van der Waals surface area contributed by atoms with E-state index >= 15 is 0 Å². The molecule has 26 heteroatoms. The molecular weight excluding hydrogens is 1390 g/mol. The van der Waals surface area contributed by atoms with Crippen LogP contribution < -0.4 is 38.0 Å². The maximum atomic E-state index is 14.1. The van der Waals surface area contributed by atoms with E-state index in [-0.39, 0.29) is 80.0 Å². The topological polar surface area (TPSA) is 243 Å². The Morgan fingerprint density at radius 1 is 0.697 bits per heavy atom. The number of aliphatic hydroxyl groups is 2. The Bertz CT molecular complexity index is 4430. The number of aliphatic hydroxyl groups excluding tert-OH is 2. The van der Waals surface area contributed by atoms with E-state index in [9.17, 15) is 50.9 Å². The molecule has 1 amide bonds. The number of nitriles is 1. The van der Waals surface area contributed by atoms with Crippen LogP contribution in [0.3, 0.4) is 0 Å². The molecule has 0 radical (unpaired) electrons. The molecular formula is C73H73BrF6MgN10O6Si2. The molecule has 8 aromatic carbocycles. The summed E-state index contributed by atoms with van der Waals surface area (Å²) in [5.41, 5.74) is 16.7. The molecule has 0 spiro atoms. The molecule has 99 heavy (non-hydrogen) atoms. The number of aromatic nitrogens is 4. The number of carbonyl (C=O) groups excluding carboxylic acids is 2. The Balaban J connectivity index is 0.000000271. The van der Waals surface area contributed by atoms with Crippen molar-refractivity contribution in [2.24, 2.45) is 11.7 Å². The van der Waals surface area contributed by atoms with Crippen LogP contribution in [-0.2, 0) is 0 Å². The number of carbonyl (C=O) groups is 3. The molecule has 510 valence electrons. The molecule has 8 N–H and O–H groups in total. The number of nitrogens with one attached hydrogen (secondary N) is 1.